The molecule has 0 fully saturated rings. The SMILES string of the molecule is O=C(Nc1cc(Cl)ccc1F)C(F)(F)C(F)(F)F. The van der Waals surface area contributed by atoms with Crippen LogP contribution in [-0.4, -0.2) is 18.0 Å². The minimum Gasteiger partial charge on any atom is -0.318 e. The second-order valence-corrected chi connectivity index (χ2v) is 3.59. The summed E-state index contributed by atoms with van der Waals surface area (Å²) in [5.41, 5.74) is -0.864. The van der Waals surface area contributed by atoms with Crippen molar-refractivity contribution in [2.45, 2.75) is 12.1 Å². The van der Waals surface area contributed by atoms with Crippen LogP contribution in [0.2, 0.25) is 5.02 Å². The number of alkyl halides is 5. The largest absolute Gasteiger partial charge is 0.463 e. The molecule has 1 rings (SSSR count). The molecule has 0 spiro atoms. The normalized spacial score (nSPS) is 12.4. The van der Waals surface area contributed by atoms with Crippen LogP contribution in [-0.2, 0) is 4.79 Å². The molecule has 0 atom stereocenters. The molecule has 0 unspecified atom stereocenters. The van der Waals surface area contributed by atoms with Gasteiger partial charge in [0, 0.05) is 5.02 Å². The predicted molar refractivity (Wildman–Crippen MR) is 51.0 cm³/mol. The standard InChI is InChI=1S/C9H4ClF6NO/c10-4-1-2-5(11)6(3-4)17-7(18)8(12,13)9(14,15)16/h1-3H,(H,17,18). The zero-order valence-electron chi connectivity index (χ0n) is 8.29. The van der Waals surface area contributed by atoms with Crippen molar-refractivity contribution in [2.75, 3.05) is 5.32 Å². The van der Waals surface area contributed by atoms with Gasteiger partial charge in [0.1, 0.15) is 5.82 Å². The van der Waals surface area contributed by atoms with Crippen molar-refractivity contribution in [3.63, 3.8) is 0 Å². The van der Waals surface area contributed by atoms with Crippen molar-refractivity contribution >= 4 is 23.2 Å². The fraction of sp³-hybridized carbons (Fsp3) is 0.222. The quantitative estimate of drug-likeness (QED) is 0.829. The first-order valence-corrected chi connectivity index (χ1v) is 4.64. The Labute approximate surface area is 102 Å². The van der Waals surface area contributed by atoms with Crippen LogP contribution in [0.4, 0.5) is 32.0 Å². The average molecular weight is 292 g/mol. The Morgan fingerprint density at radius 2 is 1.72 bits per heavy atom. The number of benzene rings is 1. The third-order valence-corrected chi connectivity index (χ3v) is 2.05. The number of anilines is 1. The van der Waals surface area contributed by atoms with E-state index in [4.69, 9.17) is 11.6 Å². The van der Waals surface area contributed by atoms with E-state index >= 15 is 0 Å². The molecule has 0 heterocycles. The summed E-state index contributed by atoms with van der Waals surface area (Å²) in [4.78, 5) is 10.8. The molecule has 0 aliphatic heterocycles. The number of carbonyl (C=O) groups excluding carboxylic acids is 1. The van der Waals surface area contributed by atoms with Crippen LogP contribution in [0.5, 0.6) is 0 Å². The number of halogens is 7. The molecule has 0 radical (unpaired) electrons. The topological polar surface area (TPSA) is 29.1 Å². The lowest BCUT2D eigenvalue weighted by Gasteiger charge is -2.18. The maximum atomic E-state index is 13.0. The molecule has 0 saturated heterocycles. The predicted octanol–water partition coefficient (Wildman–Crippen LogP) is 3.62. The lowest BCUT2D eigenvalue weighted by molar-refractivity contribution is -0.267. The van der Waals surface area contributed by atoms with E-state index in [1.165, 1.54) is 0 Å². The minimum atomic E-state index is -6.06. The van der Waals surface area contributed by atoms with E-state index in [0.717, 1.165) is 11.4 Å². The van der Waals surface area contributed by atoms with Gasteiger partial charge in [0.25, 0.3) is 0 Å². The maximum Gasteiger partial charge on any atom is 0.463 e. The van der Waals surface area contributed by atoms with Crippen LogP contribution in [0.25, 0.3) is 0 Å². The van der Waals surface area contributed by atoms with Gasteiger partial charge < -0.3 is 5.32 Å². The molecule has 100 valence electrons. The number of hydrogen-bond acceptors (Lipinski definition) is 1. The summed E-state index contributed by atoms with van der Waals surface area (Å²) in [6.07, 6.45) is -6.06. The van der Waals surface area contributed by atoms with E-state index in [2.05, 4.69) is 0 Å². The summed E-state index contributed by atoms with van der Waals surface area (Å²) >= 11 is 5.38. The molecular formula is C9H4ClF6NO. The van der Waals surface area contributed by atoms with Crippen molar-refractivity contribution in [1.29, 1.82) is 0 Å². The molecule has 1 aromatic carbocycles. The lowest BCUT2D eigenvalue weighted by atomic mass is 10.2. The van der Waals surface area contributed by atoms with Crippen LogP contribution in [0, 0.1) is 5.82 Å². The van der Waals surface area contributed by atoms with E-state index in [0.29, 0.717) is 12.1 Å². The summed E-state index contributed by atoms with van der Waals surface area (Å²) in [7, 11) is 0. The molecule has 18 heavy (non-hydrogen) atoms. The molecule has 1 N–H and O–H groups in total. The molecule has 2 nitrogen and oxygen atoms in total. The summed E-state index contributed by atoms with van der Waals surface area (Å²) in [6, 6.07) is 2.46. The van der Waals surface area contributed by atoms with E-state index in [9.17, 15) is 31.1 Å². The summed E-state index contributed by atoms with van der Waals surface area (Å²) in [5, 5.41) is 0.992. The Morgan fingerprint density at radius 3 is 2.22 bits per heavy atom. The molecular weight excluding hydrogens is 288 g/mol. The Bertz CT molecular complexity index is 473. The van der Waals surface area contributed by atoms with Crippen LogP contribution >= 0.6 is 11.6 Å². The Morgan fingerprint density at radius 1 is 1.17 bits per heavy atom. The Hall–Kier alpha value is -1.44. The molecule has 0 saturated carbocycles. The second-order valence-electron chi connectivity index (χ2n) is 3.15. The molecule has 0 aliphatic rings. The number of rotatable bonds is 2. The van der Waals surface area contributed by atoms with Gasteiger partial charge in [0.05, 0.1) is 5.69 Å². The first kappa shape index (κ1) is 14.6. The first-order valence-electron chi connectivity index (χ1n) is 4.27. The van der Waals surface area contributed by atoms with Crippen molar-refractivity contribution in [2.24, 2.45) is 0 Å². The van der Waals surface area contributed by atoms with Gasteiger partial charge in [-0.05, 0) is 18.2 Å². The average Bonchev–Trinajstić information content (AvgIpc) is 2.21. The van der Waals surface area contributed by atoms with Crippen LogP contribution in [0.15, 0.2) is 18.2 Å². The highest BCUT2D eigenvalue weighted by molar-refractivity contribution is 6.30. The van der Waals surface area contributed by atoms with Crippen molar-refractivity contribution < 1.29 is 31.1 Å². The van der Waals surface area contributed by atoms with Gasteiger partial charge in [-0.25, -0.2) is 4.39 Å². The lowest BCUT2D eigenvalue weighted by Crippen LogP contribution is -2.47. The van der Waals surface area contributed by atoms with Crippen LogP contribution in [0.3, 0.4) is 0 Å². The van der Waals surface area contributed by atoms with Gasteiger partial charge in [-0.2, -0.15) is 22.0 Å². The van der Waals surface area contributed by atoms with E-state index in [-0.39, 0.29) is 5.02 Å². The highest BCUT2D eigenvalue weighted by Gasteiger charge is 2.63. The fourth-order valence-electron chi connectivity index (χ4n) is 0.923. The van der Waals surface area contributed by atoms with Crippen molar-refractivity contribution in [1.82, 2.24) is 0 Å². The summed E-state index contributed by atoms with van der Waals surface area (Å²) < 4.78 is 73.6. The molecule has 0 bridgehead atoms. The van der Waals surface area contributed by atoms with Gasteiger partial charge >= 0.3 is 18.0 Å². The summed E-state index contributed by atoms with van der Waals surface area (Å²) in [6.45, 7) is 0. The van der Waals surface area contributed by atoms with E-state index in [1.807, 2.05) is 0 Å². The van der Waals surface area contributed by atoms with E-state index in [1.54, 1.807) is 0 Å². The smallest absolute Gasteiger partial charge is 0.318 e. The fourth-order valence-corrected chi connectivity index (χ4v) is 1.09. The van der Waals surface area contributed by atoms with Gasteiger partial charge in [0.15, 0.2) is 0 Å². The van der Waals surface area contributed by atoms with Crippen LogP contribution < -0.4 is 5.32 Å². The highest BCUT2D eigenvalue weighted by atomic mass is 35.5. The number of amides is 1. The molecule has 1 amide bonds. The number of nitrogens with one attached hydrogen (secondary N) is 1. The third-order valence-electron chi connectivity index (χ3n) is 1.82. The Kier molecular flexibility index (Phi) is 3.80. The second kappa shape index (κ2) is 4.68. The number of carbonyl (C=O) groups is 1. The van der Waals surface area contributed by atoms with Crippen LogP contribution in [0.1, 0.15) is 0 Å². The third kappa shape index (κ3) is 2.87. The molecule has 0 aliphatic carbocycles. The minimum absolute atomic E-state index is 0.137. The first-order chi connectivity index (χ1) is 8.05. The highest BCUT2D eigenvalue weighted by Crippen LogP contribution is 2.36. The van der Waals surface area contributed by atoms with Gasteiger partial charge in [0.2, 0.25) is 0 Å². The molecule has 9 heteroatoms. The van der Waals surface area contributed by atoms with Gasteiger partial charge in [-0.15, -0.1) is 0 Å². The molecule has 0 aromatic heterocycles. The summed E-state index contributed by atoms with van der Waals surface area (Å²) in [5.74, 6) is -9.50. The maximum absolute atomic E-state index is 13.0. The van der Waals surface area contributed by atoms with Gasteiger partial charge in [-0.3, -0.25) is 4.79 Å². The zero-order chi connectivity index (χ0) is 14.1. The van der Waals surface area contributed by atoms with E-state index < -0.39 is 29.5 Å². The molecule has 1 aromatic rings. The zero-order valence-corrected chi connectivity index (χ0v) is 9.04. The van der Waals surface area contributed by atoms with Gasteiger partial charge in [-0.1, -0.05) is 11.6 Å². The number of hydrogen-bond donors (Lipinski definition) is 1. The van der Waals surface area contributed by atoms with Crippen molar-refractivity contribution in [3.8, 4) is 0 Å². The van der Waals surface area contributed by atoms with Crippen molar-refractivity contribution in [3.05, 3.63) is 29.0 Å². The Balaban J connectivity index is 2.98. The monoisotopic (exact) mass is 291 g/mol.